The molecule has 4 saturated heterocycles. The van der Waals surface area contributed by atoms with Crippen molar-refractivity contribution in [3.8, 4) is 34.5 Å². The van der Waals surface area contributed by atoms with Gasteiger partial charge in [0.25, 0.3) is 5.91 Å². The van der Waals surface area contributed by atoms with Gasteiger partial charge in [0.1, 0.15) is 36.7 Å². The van der Waals surface area contributed by atoms with Crippen LogP contribution in [0.3, 0.4) is 0 Å². The lowest BCUT2D eigenvalue weighted by atomic mass is 9.65. The van der Waals surface area contributed by atoms with E-state index in [4.69, 9.17) is 40.8 Å². The molecule has 0 radical (unpaired) electrons. The molecule has 2 atom stereocenters. The molecule has 5 aromatic rings. The second-order valence-corrected chi connectivity index (χ2v) is 32.4. The molecule has 462 valence electrons. The third-order valence-electron chi connectivity index (χ3n) is 19.4. The molecule has 4 amide bonds. The molecule has 86 heavy (non-hydrogen) atoms. The minimum Gasteiger partial charge on any atom is -0.468 e. The number of β-amino-alcohol motifs (C(OH)–C–C–N with tert-alkyl or cyclic N) is 1. The van der Waals surface area contributed by atoms with Crippen molar-refractivity contribution < 1.29 is 42.5 Å². The SMILES string of the molecule is COCOc1cc(-c2ncc3c(N4CCC[C@@](C)(O)C4)nc(OC[C@H](C)CN4CCN(CC5CCC6(CC5)CCN(C(=O)c5ccc(Cl)c(N7CCC(=O)NC7=O)c5)CC6)CC4)nc3c2F)c2c(C#C[Si](C(C)C)(C(C)C)C(C)C)c(F)ccc2c1. The molecule has 3 aromatic carbocycles. The van der Waals surface area contributed by atoms with Crippen LogP contribution < -0.4 is 24.6 Å². The first-order chi connectivity index (χ1) is 41.1. The zero-order chi connectivity index (χ0) is 61.2. The fourth-order valence-electron chi connectivity index (χ4n) is 14.7. The van der Waals surface area contributed by atoms with Gasteiger partial charge in [0.05, 0.1) is 33.9 Å². The van der Waals surface area contributed by atoms with Crippen molar-refractivity contribution in [2.45, 2.75) is 135 Å². The minimum absolute atomic E-state index is 0.00102. The quantitative estimate of drug-likeness (QED) is 0.0514. The van der Waals surface area contributed by atoms with Gasteiger partial charge in [0.2, 0.25) is 5.91 Å². The Labute approximate surface area is 511 Å². The summed E-state index contributed by atoms with van der Waals surface area (Å²) in [6.07, 6.45) is 9.71. The maximum absolute atomic E-state index is 17.9. The van der Waals surface area contributed by atoms with Gasteiger partial charge < -0.3 is 38.9 Å². The number of pyridine rings is 1. The number of hydrogen-bond donors (Lipinski definition) is 2. The molecule has 5 fully saturated rings. The van der Waals surface area contributed by atoms with E-state index in [1.807, 2.05) is 9.80 Å². The minimum atomic E-state index is -2.33. The van der Waals surface area contributed by atoms with Gasteiger partial charge in [-0.1, -0.05) is 72.1 Å². The molecule has 6 heterocycles. The fraction of sp³-hybridized carbons (Fsp3) is 0.576. The second kappa shape index (κ2) is 26.4. The number of carbonyl (C=O) groups excluding carboxylic acids is 3. The first-order valence-corrected chi connectivity index (χ1v) is 33.7. The zero-order valence-corrected chi connectivity index (χ0v) is 53.4. The fourth-order valence-corrected chi connectivity index (χ4v) is 20.1. The number of ether oxygens (including phenoxy) is 3. The number of piperidine rings is 2. The number of halogens is 3. The van der Waals surface area contributed by atoms with Crippen LogP contribution in [-0.2, 0) is 9.53 Å². The summed E-state index contributed by atoms with van der Waals surface area (Å²) in [6.45, 7) is 25.7. The molecule has 2 N–H and O–H groups in total. The summed E-state index contributed by atoms with van der Waals surface area (Å²) < 4.78 is 52.0. The first kappa shape index (κ1) is 63.0. The second-order valence-electron chi connectivity index (χ2n) is 26.4. The van der Waals surface area contributed by atoms with Crippen LogP contribution in [0.5, 0.6) is 11.8 Å². The van der Waals surface area contributed by atoms with E-state index >= 15 is 8.78 Å². The highest BCUT2D eigenvalue weighted by Crippen LogP contribution is 2.48. The lowest BCUT2D eigenvalue weighted by molar-refractivity contribution is -0.120. The van der Waals surface area contributed by atoms with Gasteiger partial charge in [0.15, 0.2) is 12.6 Å². The lowest BCUT2D eigenvalue weighted by Crippen LogP contribution is -2.50. The van der Waals surface area contributed by atoms with Crippen molar-refractivity contribution >= 4 is 70.7 Å². The topological polar surface area (TPSA) is 166 Å². The monoisotopic (exact) mass is 1220 g/mol. The van der Waals surface area contributed by atoms with Crippen molar-refractivity contribution in [1.82, 2.24) is 35.0 Å². The third-order valence-corrected chi connectivity index (χ3v) is 26.0. The highest BCUT2D eigenvalue weighted by atomic mass is 35.5. The van der Waals surface area contributed by atoms with Crippen molar-refractivity contribution in [3.05, 3.63) is 76.4 Å². The summed E-state index contributed by atoms with van der Waals surface area (Å²) in [5, 5.41) is 15.4. The van der Waals surface area contributed by atoms with Crippen LogP contribution in [0.1, 0.15) is 129 Å². The maximum Gasteiger partial charge on any atom is 0.328 e. The van der Waals surface area contributed by atoms with Gasteiger partial charge in [-0.3, -0.25) is 24.8 Å². The molecule has 1 aliphatic carbocycles. The van der Waals surface area contributed by atoms with E-state index in [9.17, 15) is 19.5 Å². The van der Waals surface area contributed by atoms with Gasteiger partial charge in [-0.2, -0.15) is 9.97 Å². The predicted molar refractivity (Wildman–Crippen MR) is 337 cm³/mol. The highest BCUT2D eigenvalue weighted by Gasteiger charge is 2.43. The number of nitrogens with one attached hydrogen (secondary N) is 1. The number of anilines is 2. The Morgan fingerprint density at radius 1 is 0.872 bits per heavy atom. The van der Waals surface area contributed by atoms with Gasteiger partial charge in [-0.15, -0.1) is 5.54 Å². The Morgan fingerprint density at radius 2 is 1.58 bits per heavy atom. The number of piperazine rings is 1. The Balaban J connectivity index is 0.792. The molecule has 10 rings (SSSR count). The van der Waals surface area contributed by atoms with Crippen molar-refractivity contribution in [1.29, 1.82) is 0 Å². The van der Waals surface area contributed by atoms with E-state index in [-0.39, 0.29) is 72.2 Å². The van der Waals surface area contributed by atoms with Gasteiger partial charge in [-0.05, 0) is 128 Å². The average molecular weight is 1220 g/mol. The van der Waals surface area contributed by atoms with E-state index in [0.29, 0.717) is 111 Å². The zero-order valence-electron chi connectivity index (χ0n) is 51.7. The van der Waals surface area contributed by atoms with Gasteiger partial charge >= 0.3 is 12.0 Å². The molecule has 0 bridgehead atoms. The van der Waals surface area contributed by atoms with Crippen LogP contribution >= 0.6 is 11.6 Å². The number of amides is 4. The maximum atomic E-state index is 17.9. The summed E-state index contributed by atoms with van der Waals surface area (Å²) in [4.78, 5) is 63.0. The lowest BCUT2D eigenvalue weighted by Gasteiger charge is -2.47. The summed E-state index contributed by atoms with van der Waals surface area (Å²) in [5.41, 5.74) is 5.21. The summed E-state index contributed by atoms with van der Waals surface area (Å²) in [7, 11) is -0.810. The molecule has 1 saturated carbocycles. The number of likely N-dealkylation sites (tertiary alicyclic amines) is 1. The molecular weight excluding hydrogens is 1130 g/mol. The molecule has 16 nitrogen and oxygen atoms in total. The molecule has 2 aromatic heterocycles. The van der Waals surface area contributed by atoms with Crippen LogP contribution in [0, 0.1) is 40.3 Å². The molecule has 1 spiro atoms. The number of nitrogens with zero attached hydrogens (tertiary/aromatic N) is 8. The van der Waals surface area contributed by atoms with E-state index in [0.717, 1.165) is 52.1 Å². The highest BCUT2D eigenvalue weighted by molar-refractivity contribution is 6.90. The normalized spacial score (nSPS) is 20.5. The van der Waals surface area contributed by atoms with Gasteiger partial charge in [-0.25, -0.2) is 13.6 Å². The molecule has 5 aliphatic rings. The number of benzene rings is 3. The largest absolute Gasteiger partial charge is 0.468 e. The van der Waals surface area contributed by atoms with Crippen LogP contribution in [0.2, 0.25) is 21.6 Å². The van der Waals surface area contributed by atoms with E-state index < -0.39 is 31.3 Å². The van der Waals surface area contributed by atoms with Gasteiger partial charge in [0, 0.05) is 114 Å². The first-order valence-electron chi connectivity index (χ1n) is 31.1. The Kier molecular flexibility index (Phi) is 19.3. The Bertz CT molecular complexity index is 3360. The Hall–Kier alpha value is -6.01. The number of fused-ring (bicyclic) bond motifs is 2. The van der Waals surface area contributed by atoms with Crippen molar-refractivity contribution in [3.63, 3.8) is 0 Å². The van der Waals surface area contributed by atoms with Crippen LogP contribution in [-0.4, -0.2) is 159 Å². The third kappa shape index (κ3) is 13.5. The van der Waals surface area contributed by atoms with Crippen LogP contribution in [0.25, 0.3) is 32.9 Å². The molecular formula is C66H86ClF2N9O7Si. The average Bonchev–Trinajstić information content (AvgIpc) is 0.880. The number of imide groups is 1. The smallest absolute Gasteiger partial charge is 0.328 e. The number of hydrogen-bond acceptors (Lipinski definition) is 13. The molecule has 20 heteroatoms. The van der Waals surface area contributed by atoms with Crippen molar-refractivity contribution in [2.75, 3.05) is 102 Å². The number of aliphatic hydroxyl groups is 1. The number of urea groups is 1. The number of carbonyl (C=O) groups is 3. The van der Waals surface area contributed by atoms with E-state index in [1.54, 1.807) is 49.5 Å². The summed E-state index contributed by atoms with van der Waals surface area (Å²) >= 11 is 6.48. The number of methoxy groups -OCH3 is 1. The van der Waals surface area contributed by atoms with E-state index in [1.165, 1.54) is 43.8 Å². The number of rotatable bonds is 17. The van der Waals surface area contributed by atoms with Crippen LogP contribution in [0.15, 0.2) is 48.7 Å². The molecule has 0 unspecified atom stereocenters. The molecule has 4 aliphatic heterocycles. The van der Waals surface area contributed by atoms with Crippen LogP contribution in [0.4, 0.5) is 25.1 Å². The van der Waals surface area contributed by atoms with E-state index in [2.05, 4.69) is 75.0 Å². The predicted octanol–water partition coefficient (Wildman–Crippen LogP) is 11.9. The number of aromatic nitrogens is 3. The standard InChI is InChI=1S/C66H86ClF2N9O7Si/c1-42(2)86(43(3)4,44(5)6)32-18-50-54(68)14-12-47-33-49(85-41-83-9)35-51(57(47)50)59-58(69)60-52(36-70-59)61(77-24-10-19-65(8,82)40-77)73-63(72-60)84-39-45(7)37-74-28-30-75(31-29-74)38-46-15-20-66(21-16-46)22-26-76(27-23-66)62(80)48-11-13-53(67)55(34-48)78-25-17-56(79)71-64(78)81/h11-14,33-36,42-46,82H,10,15-17,19-31,37-41H2,1-9H3,(H,71,79,81)/t45-,65-/m1/s1. The Morgan fingerprint density at radius 3 is 2.26 bits per heavy atom. The van der Waals surface area contributed by atoms with Crippen molar-refractivity contribution in [2.24, 2.45) is 17.3 Å². The summed E-state index contributed by atoms with van der Waals surface area (Å²) in [5.74, 6) is 3.27. The summed E-state index contributed by atoms with van der Waals surface area (Å²) in [6, 6.07) is 11.0.